The number of nitrogens with one attached hydrogen (secondary N) is 1. The topological polar surface area (TPSA) is 35.6 Å². The van der Waals surface area contributed by atoms with Crippen molar-refractivity contribution in [2.45, 2.75) is 51.6 Å². The highest BCUT2D eigenvalue weighted by Gasteiger charge is 2.25. The van der Waals surface area contributed by atoms with Crippen LogP contribution in [0.4, 0.5) is 0 Å². The molecule has 1 fully saturated rings. The van der Waals surface area contributed by atoms with Crippen molar-refractivity contribution in [1.29, 1.82) is 0 Å². The van der Waals surface area contributed by atoms with Gasteiger partial charge in [0.15, 0.2) is 0 Å². The summed E-state index contributed by atoms with van der Waals surface area (Å²) in [7, 11) is 3.89. The third kappa shape index (κ3) is 4.58. The number of piperidine rings is 1. The van der Waals surface area contributed by atoms with Crippen molar-refractivity contribution in [3.63, 3.8) is 0 Å². The predicted molar refractivity (Wildman–Crippen MR) is 75.7 cm³/mol. The van der Waals surface area contributed by atoms with Gasteiger partial charge in [0.25, 0.3) is 0 Å². The van der Waals surface area contributed by atoms with Crippen LogP contribution in [0.5, 0.6) is 0 Å². The van der Waals surface area contributed by atoms with E-state index in [0.717, 1.165) is 19.5 Å². The van der Waals surface area contributed by atoms with Gasteiger partial charge in [-0.3, -0.25) is 9.69 Å². The zero-order valence-electron chi connectivity index (χ0n) is 12.4. The van der Waals surface area contributed by atoms with Gasteiger partial charge in [-0.15, -0.1) is 0 Å². The van der Waals surface area contributed by atoms with Gasteiger partial charge in [0.2, 0.25) is 5.91 Å². The van der Waals surface area contributed by atoms with Crippen molar-refractivity contribution in [1.82, 2.24) is 15.1 Å². The van der Waals surface area contributed by atoms with Gasteiger partial charge in [-0.2, -0.15) is 0 Å². The maximum atomic E-state index is 12.1. The average molecular weight is 255 g/mol. The first-order valence-electron chi connectivity index (χ1n) is 7.20. The first-order valence-corrected chi connectivity index (χ1v) is 7.20. The normalized spacial score (nSPS) is 21.3. The molecule has 106 valence electrons. The summed E-state index contributed by atoms with van der Waals surface area (Å²) in [4.78, 5) is 16.4. The highest BCUT2D eigenvalue weighted by molar-refractivity contribution is 5.78. The standard InChI is InChI=1S/C14H29N3O/c1-12(2)16(4)14(18)11-17-10-6-5-7-13(17)8-9-15-3/h12-13,15H,5-11H2,1-4H3. The van der Waals surface area contributed by atoms with Crippen molar-refractivity contribution in [2.75, 3.05) is 33.7 Å². The summed E-state index contributed by atoms with van der Waals surface area (Å²) in [5.41, 5.74) is 0. The highest BCUT2D eigenvalue weighted by atomic mass is 16.2. The van der Waals surface area contributed by atoms with Gasteiger partial charge in [-0.05, 0) is 53.2 Å². The number of carbonyl (C=O) groups excluding carboxylic acids is 1. The van der Waals surface area contributed by atoms with Gasteiger partial charge in [-0.1, -0.05) is 6.42 Å². The second-order valence-corrected chi connectivity index (χ2v) is 5.61. The van der Waals surface area contributed by atoms with Crippen molar-refractivity contribution in [2.24, 2.45) is 0 Å². The van der Waals surface area contributed by atoms with Gasteiger partial charge in [0, 0.05) is 19.1 Å². The van der Waals surface area contributed by atoms with Crippen LogP contribution in [0.3, 0.4) is 0 Å². The number of nitrogens with zero attached hydrogens (tertiary/aromatic N) is 2. The lowest BCUT2D eigenvalue weighted by Gasteiger charge is -2.36. The molecule has 4 nitrogen and oxygen atoms in total. The van der Waals surface area contributed by atoms with Crippen molar-refractivity contribution in [3.8, 4) is 0 Å². The minimum Gasteiger partial charge on any atom is -0.342 e. The monoisotopic (exact) mass is 255 g/mol. The maximum absolute atomic E-state index is 12.1. The molecule has 0 bridgehead atoms. The molecule has 1 atom stereocenters. The van der Waals surface area contributed by atoms with Crippen LogP contribution in [0.25, 0.3) is 0 Å². The zero-order chi connectivity index (χ0) is 13.5. The minimum absolute atomic E-state index is 0.251. The van der Waals surface area contributed by atoms with Gasteiger partial charge < -0.3 is 10.2 Å². The molecule has 4 heteroatoms. The Morgan fingerprint density at radius 3 is 2.78 bits per heavy atom. The Kier molecular flexibility index (Phi) is 6.65. The number of amides is 1. The molecule has 0 saturated carbocycles. The lowest BCUT2D eigenvalue weighted by Crippen LogP contribution is -2.47. The molecular weight excluding hydrogens is 226 g/mol. The van der Waals surface area contributed by atoms with Crippen molar-refractivity contribution < 1.29 is 4.79 Å². The van der Waals surface area contributed by atoms with Crippen molar-refractivity contribution >= 4 is 5.91 Å². The molecule has 0 aromatic carbocycles. The molecule has 0 radical (unpaired) electrons. The quantitative estimate of drug-likeness (QED) is 0.777. The van der Waals surface area contributed by atoms with E-state index in [0.29, 0.717) is 12.6 Å². The summed E-state index contributed by atoms with van der Waals surface area (Å²) < 4.78 is 0. The van der Waals surface area contributed by atoms with Crippen LogP contribution in [0.1, 0.15) is 39.5 Å². The van der Waals surface area contributed by atoms with Crippen LogP contribution < -0.4 is 5.32 Å². The third-order valence-corrected chi connectivity index (χ3v) is 3.98. The molecule has 1 aliphatic rings. The molecule has 18 heavy (non-hydrogen) atoms. The van der Waals surface area contributed by atoms with Gasteiger partial charge >= 0.3 is 0 Å². The fourth-order valence-electron chi connectivity index (χ4n) is 2.48. The summed E-state index contributed by atoms with van der Waals surface area (Å²) in [6.45, 7) is 6.82. The molecule has 0 aromatic rings. The van der Waals surface area contributed by atoms with E-state index >= 15 is 0 Å². The molecule has 1 heterocycles. The van der Waals surface area contributed by atoms with Crippen LogP contribution in [0.2, 0.25) is 0 Å². The fourth-order valence-corrected chi connectivity index (χ4v) is 2.48. The van der Waals surface area contributed by atoms with Crippen LogP contribution >= 0.6 is 0 Å². The van der Waals surface area contributed by atoms with Crippen LogP contribution in [0.15, 0.2) is 0 Å². The van der Waals surface area contributed by atoms with Crippen LogP contribution in [-0.2, 0) is 4.79 Å². The SMILES string of the molecule is CNCCC1CCCCN1CC(=O)N(C)C(C)C. The van der Waals surface area contributed by atoms with Crippen LogP contribution in [-0.4, -0.2) is 61.5 Å². The van der Waals surface area contributed by atoms with Crippen LogP contribution in [0, 0.1) is 0 Å². The van der Waals surface area contributed by atoms with E-state index < -0.39 is 0 Å². The van der Waals surface area contributed by atoms with E-state index in [1.807, 2.05) is 19.0 Å². The lowest BCUT2D eigenvalue weighted by atomic mass is 9.99. The number of likely N-dealkylation sites (tertiary alicyclic amines) is 1. The second-order valence-electron chi connectivity index (χ2n) is 5.61. The Bertz CT molecular complexity index is 255. The molecule has 0 aromatic heterocycles. The highest BCUT2D eigenvalue weighted by Crippen LogP contribution is 2.19. The van der Waals surface area contributed by atoms with E-state index in [9.17, 15) is 4.79 Å². The Hall–Kier alpha value is -0.610. The van der Waals surface area contributed by atoms with E-state index in [1.54, 1.807) is 0 Å². The Balaban J connectivity index is 2.48. The molecule has 1 rings (SSSR count). The number of carbonyl (C=O) groups is 1. The lowest BCUT2D eigenvalue weighted by molar-refractivity contribution is -0.133. The fraction of sp³-hybridized carbons (Fsp3) is 0.929. The largest absolute Gasteiger partial charge is 0.342 e. The molecule has 1 amide bonds. The molecule has 1 N–H and O–H groups in total. The minimum atomic E-state index is 0.251. The molecule has 1 unspecified atom stereocenters. The summed E-state index contributed by atoms with van der Waals surface area (Å²) in [5, 5.41) is 3.21. The Morgan fingerprint density at radius 2 is 2.17 bits per heavy atom. The predicted octanol–water partition coefficient (Wildman–Crippen LogP) is 1.32. The van der Waals surface area contributed by atoms with Gasteiger partial charge in [-0.25, -0.2) is 0 Å². The van der Waals surface area contributed by atoms with E-state index in [2.05, 4.69) is 24.1 Å². The Morgan fingerprint density at radius 1 is 1.44 bits per heavy atom. The summed E-state index contributed by atoms with van der Waals surface area (Å²) in [6, 6.07) is 0.869. The van der Waals surface area contributed by atoms with E-state index in [4.69, 9.17) is 0 Å². The summed E-state index contributed by atoms with van der Waals surface area (Å²) in [6.07, 6.45) is 4.92. The average Bonchev–Trinajstić information content (AvgIpc) is 2.36. The van der Waals surface area contributed by atoms with Crippen molar-refractivity contribution in [3.05, 3.63) is 0 Å². The molecule has 0 aliphatic carbocycles. The first kappa shape index (κ1) is 15.4. The molecule has 0 spiro atoms. The second kappa shape index (κ2) is 7.74. The Labute approximate surface area is 112 Å². The van der Waals surface area contributed by atoms with Gasteiger partial charge in [0.1, 0.15) is 0 Å². The molecule has 1 aliphatic heterocycles. The first-order chi connectivity index (χ1) is 8.56. The third-order valence-electron chi connectivity index (χ3n) is 3.98. The smallest absolute Gasteiger partial charge is 0.236 e. The summed E-state index contributed by atoms with van der Waals surface area (Å²) >= 11 is 0. The number of hydrogen-bond donors (Lipinski definition) is 1. The summed E-state index contributed by atoms with van der Waals surface area (Å²) in [5.74, 6) is 0.251. The zero-order valence-corrected chi connectivity index (χ0v) is 12.4. The number of rotatable bonds is 6. The number of hydrogen-bond acceptors (Lipinski definition) is 3. The number of likely N-dealkylation sites (N-methyl/N-ethyl adjacent to an activating group) is 1. The van der Waals surface area contributed by atoms with Gasteiger partial charge in [0.05, 0.1) is 6.54 Å². The molecular formula is C14H29N3O. The van der Waals surface area contributed by atoms with E-state index in [-0.39, 0.29) is 11.9 Å². The maximum Gasteiger partial charge on any atom is 0.236 e. The van der Waals surface area contributed by atoms with E-state index in [1.165, 1.54) is 19.3 Å². The molecule has 1 saturated heterocycles.